The Hall–Kier alpha value is -2.28. The molecule has 0 fully saturated rings. The van der Waals surface area contributed by atoms with Gasteiger partial charge in [0.05, 0.1) is 0 Å². The van der Waals surface area contributed by atoms with E-state index in [1.807, 2.05) is 19.9 Å². The zero-order valence-electron chi connectivity index (χ0n) is 16.2. The molecular formula is C20H28N4O2S. The number of amides is 2. The van der Waals surface area contributed by atoms with Crippen molar-refractivity contribution in [2.45, 2.75) is 58.9 Å². The zero-order chi connectivity index (χ0) is 19.6. The molecule has 0 aliphatic carbocycles. The maximum absolute atomic E-state index is 12.8. The predicted molar refractivity (Wildman–Crippen MR) is 109 cm³/mol. The van der Waals surface area contributed by atoms with Crippen molar-refractivity contribution in [3.63, 3.8) is 0 Å². The van der Waals surface area contributed by atoms with Gasteiger partial charge in [-0.1, -0.05) is 69.6 Å². The van der Waals surface area contributed by atoms with Gasteiger partial charge in [0.1, 0.15) is 11.0 Å². The van der Waals surface area contributed by atoms with Crippen molar-refractivity contribution < 1.29 is 9.59 Å². The highest BCUT2D eigenvalue weighted by Crippen LogP contribution is 2.19. The number of aryl methyl sites for hydroxylation is 1. The van der Waals surface area contributed by atoms with E-state index < -0.39 is 6.04 Å². The van der Waals surface area contributed by atoms with Crippen LogP contribution >= 0.6 is 11.3 Å². The first-order valence-electron chi connectivity index (χ1n) is 9.54. The van der Waals surface area contributed by atoms with Crippen LogP contribution in [-0.2, 0) is 11.2 Å². The van der Waals surface area contributed by atoms with Gasteiger partial charge in [0, 0.05) is 12.0 Å². The molecule has 2 N–H and O–H groups in total. The molecule has 0 aliphatic heterocycles. The van der Waals surface area contributed by atoms with Crippen LogP contribution < -0.4 is 10.6 Å². The second-order valence-corrected chi connectivity index (χ2v) is 7.71. The Labute approximate surface area is 164 Å². The highest BCUT2D eigenvalue weighted by molar-refractivity contribution is 7.15. The van der Waals surface area contributed by atoms with Gasteiger partial charge in [0.25, 0.3) is 5.91 Å². The number of unbranched alkanes of at least 4 members (excludes halogenated alkanes) is 2. The maximum atomic E-state index is 12.8. The van der Waals surface area contributed by atoms with Crippen LogP contribution in [0.3, 0.4) is 0 Å². The van der Waals surface area contributed by atoms with E-state index in [1.54, 1.807) is 24.3 Å². The van der Waals surface area contributed by atoms with Crippen molar-refractivity contribution in [1.82, 2.24) is 15.5 Å². The van der Waals surface area contributed by atoms with Crippen LogP contribution in [0.15, 0.2) is 30.3 Å². The lowest BCUT2D eigenvalue weighted by Gasteiger charge is -2.23. The van der Waals surface area contributed by atoms with E-state index in [0.717, 1.165) is 37.1 Å². The molecule has 0 saturated carbocycles. The van der Waals surface area contributed by atoms with Gasteiger partial charge >= 0.3 is 0 Å². The highest BCUT2D eigenvalue weighted by Gasteiger charge is 2.27. The standard InChI is InChI=1S/C20H28N4O2S/c1-4-6-8-13-16-23-24-20(27-16)22-19(26)17(14(3)5-2)21-18(25)15-11-9-7-10-12-15/h7,9-12,14,17H,4-6,8,13H2,1-3H3,(H,21,25)(H,22,24,26). The molecule has 0 spiro atoms. The lowest BCUT2D eigenvalue weighted by Crippen LogP contribution is -2.47. The van der Waals surface area contributed by atoms with Gasteiger partial charge in [0.2, 0.25) is 11.0 Å². The summed E-state index contributed by atoms with van der Waals surface area (Å²) in [6.45, 7) is 6.10. The minimum absolute atomic E-state index is 0.00499. The fourth-order valence-electron chi connectivity index (χ4n) is 2.63. The summed E-state index contributed by atoms with van der Waals surface area (Å²) in [5.74, 6) is -0.520. The van der Waals surface area contributed by atoms with Crippen LogP contribution in [-0.4, -0.2) is 28.1 Å². The summed E-state index contributed by atoms with van der Waals surface area (Å²) < 4.78 is 0. The third-order valence-electron chi connectivity index (χ3n) is 4.51. The Balaban J connectivity index is 2.01. The van der Waals surface area contributed by atoms with Gasteiger partial charge in [-0.15, -0.1) is 10.2 Å². The first-order chi connectivity index (χ1) is 13.0. The summed E-state index contributed by atoms with van der Waals surface area (Å²) in [5, 5.41) is 15.3. The number of carbonyl (C=O) groups is 2. The summed E-state index contributed by atoms with van der Waals surface area (Å²) in [5.41, 5.74) is 0.535. The van der Waals surface area contributed by atoms with E-state index in [2.05, 4.69) is 27.8 Å². The van der Waals surface area contributed by atoms with Gasteiger partial charge in [-0.05, 0) is 24.5 Å². The van der Waals surface area contributed by atoms with E-state index >= 15 is 0 Å². The molecule has 6 nitrogen and oxygen atoms in total. The molecule has 2 atom stereocenters. The molecule has 0 saturated heterocycles. The van der Waals surface area contributed by atoms with Crippen LogP contribution in [0.2, 0.25) is 0 Å². The van der Waals surface area contributed by atoms with Crippen molar-refractivity contribution in [1.29, 1.82) is 0 Å². The number of aromatic nitrogens is 2. The molecular weight excluding hydrogens is 360 g/mol. The van der Waals surface area contributed by atoms with E-state index in [1.165, 1.54) is 11.3 Å². The fourth-order valence-corrected chi connectivity index (χ4v) is 3.42. The molecule has 2 unspecified atom stereocenters. The molecule has 2 aromatic rings. The third-order valence-corrected chi connectivity index (χ3v) is 5.41. The van der Waals surface area contributed by atoms with Crippen molar-refractivity contribution >= 4 is 28.3 Å². The number of hydrogen-bond acceptors (Lipinski definition) is 5. The van der Waals surface area contributed by atoms with Gasteiger partial charge in [-0.25, -0.2) is 0 Å². The molecule has 1 aromatic heterocycles. The normalized spacial score (nSPS) is 13.0. The number of hydrogen-bond donors (Lipinski definition) is 2. The Kier molecular flexibility index (Phi) is 8.39. The monoisotopic (exact) mass is 388 g/mol. The first kappa shape index (κ1) is 21.0. The van der Waals surface area contributed by atoms with E-state index in [0.29, 0.717) is 10.7 Å². The molecule has 0 aliphatic rings. The smallest absolute Gasteiger partial charge is 0.251 e. The number of nitrogens with zero attached hydrogens (tertiary/aromatic N) is 2. The van der Waals surface area contributed by atoms with Crippen LogP contribution in [0.4, 0.5) is 5.13 Å². The Morgan fingerprint density at radius 2 is 1.85 bits per heavy atom. The SMILES string of the molecule is CCCCCc1nnc(NC(=O)C(NC(=O)c2ccccc2)C(C)CC)s1. The van der Waals surface area contributed by atoms with Gasteiger partial charge in [-0.3, -0.25) is 14.9 Å². The molecule has 27 heavy (non-hydrogen) atoms. The largest absolute Gasteiger partial charge is 0.340 e. The average molecular weight is 389 g/mol. The predicted octanol–water partition coefficient (Wildman–Crippen LogP) is 4.05. The number of anilines is 1. The van der Waals surface area contributed by atoms with Crippen molar-refractivity contribution in [2.75, 3.05) is 5.32 Å². The molecule has 0 radical (unpaired) electrons. The summed E-state index contributed by atoms with van der Waals surface area (Å²) in [6, 6.07) is 8.28. The summed E-state index contributed by atoms with van der Waals surface area (Å²) >= 11 is 1.40. The van der Waals surface area contributed by atoms with Crippen molar-refractivity contribution in [3.8, 4) is 0 Å². The van der Waals surface area contributed by atoms with Gasteiger partial charge < -0.3 is 5.32 Å². The third kappa shape index (κ3) is 6.43. The van der Waals surface area contributed by atoms with E-state index in [-0.39, 0.29) is 17.7 Å². The molecule has 2 rings (SSSR count). The van der Waals surface area contributed by atoms with Crippen LogP contribution in [0, 0.1) is 5.92 Å². The van der Waals surface area contributed by atoms with Crippen LogP contribution in [0.1, 0.15) is 61.8 Å². The fraction of sp³-hybridized carbons (Fsp3) is 0.500. The summed E-state index contributed by atoms with van der Waals surface area (Å²) in [4.78, 5) is 25.2. The average Bonchev–Trinajstić information content (AvgIpc) is 3.13. The van der Waals surface area contributed by atoms with E-state index in [9.17, 15) is 9.59 Å². The second kappa shape index (κ2) is 10.8. The minimum Gasteiger partial charge on any atom is -0.340 e. The van der Waals surface area contributed by atoms with E-state index in [4.69, 9.17) is 0 Å². The number of rotatable bonds is 10. The summed E-state index contributed by atoms with van der Waals surface area (Å²) in [7, 11) is 0. The van der Waals surface area contributed by atoms with Gasteiger partial charge in [0.15, 0.2) is 0 Å². The van der Waals surface area contributed by atoms with Crippen LogP contribution in [0.25, 0.3) is 0 Å². The lowest BCUT2D eigenvalue weighted by molar-refractivity contribution is -0.119. The Bertz CT molecular complexity index is 733. The molecule has 0 bridgehead atoms. The highest BCUT2D eigenvalue weighted by atomic mass is 32.1. The van der Waals surface area contributed by atoms with Gasteiger partial charge in [-0.2, -0.15) is 0 Å². The number of nitrogens with one attached hydrogen (secondary N) is 2. The van der Waals surface area contributed by atoms with Crippen molar-refractivity contribution in [2.24, 2.45) is 5.92 Å². The number of benzene rings is 1. The minimum atomic E-state index is -0.629. The summed E-state index contributed by atoms with van der Waals surface area (Å²) in [6.07, 6.45) is 5.02. The second-order valence-electron chi connectivity index (χ2n) is 6.65. The topological polar surface area (TPSA) is 84.0 Å². The molecule has 2 amide bonds. The maximum Gasteiger partial charge on any atom is 0.251 e. The van der Waals surface area contributed by atoms with Crippen LogP contribution in [0.5, 0.6) is 0 Å². The first-order valence-corrected chi connectivity index (χ1v) is 10.4. The lowest BCUT2D eigenvalue weighted by atomic mass is 9.98. The molecule has 146 valence electrons. The quantitative estimate of drug-likeness (QED) is 0.601. The Morgan fingerprint density at radius 1 is 1.11 bits per heavy atom. The molecule has 1 aromatic carbocycles. The number of carbonyl (C=O) groups excluding carboxylic acids is 2. The zero-order valence-corrected chi connectivity index (χ0v) is 17.0. The molecule has 7 heteroatoms. The Morgan fingerprint density at radius 3 is 2.52 bits per heavy atom. The van der Waals surface area contributed by atoms with Crippen molar-refractivity contribution in [3.05, 3.63) is 40.9 Å². The molecule has 1 heterocycles.